The Labute approximate surface area is 164 Å². The van der Waals surface area contributed by atoms with E-state index < -0.39 is 36.0 Å². The van der Waals surface area contributed by atoms with E-state index >= 15 is 0 Å². The first-order valence-corrected chi connectivity index (χ1v) is 8.50. The summed E-state index contributed by atoms with van der Waals surface area (Å²) in [6.45, 7) is 5.31. The lowest BCUT2D eigenvalue weighted by atomic mass is 10.1. The van der Waals surface area contributed by atoms with E-state index in [9.17, 15) is 14.4 Å². The molecule has 0 saturated heterocycles. The maximum Gasteiger partial charge on any atom is 0.320 e. The molecule has 0 unspecified atom stereocenters. The number of hydrogen-bond acceptors (Lipinski definition) is 7. The Bertz CT molecular complexity index is 604. The summed E-state index contributed by atoms with van der Waals surface area (Å²) in [6.07, 6.45) is 0.824. The van der Waals surface area contributed by atoms with Gasteiger partial charge in [0.1, 0.15) is 23.9 Å². The minimum Gasteiger partial charge on any atom is -0.508 e. The molecule has 0 bridgehead atoms. The molecule has 0 heterocycles. The van der Waals surface area contributed by atoms with Crippen molar-refractivity contribution in [3.05, 3.63) is 29.8 Å². The molecule has 0 aliphatic heterocycles. The maximum atomic E-state index is 10.4. The second kappa shape index (κ2) is 14.4. The van der Waals surface area contributed by atoms with Crippen LogP contribution in [-0.4, -0.2) is 56.5 Å². The van der Waals surface area contributed by atoms with E-state index in [1.807, 2.05) is 13.8 Å². The van der Waals surface area contributed by atoms with Gasteiger partial charge >= 0.3 is 17.9 Å². The average Bonchev–Trinajstić information content (AvgIpc) is 2.57. The third kappa shape index (κ3) is 15.6. The number of benzene rings is 1. The predicted octanol–water partition coefficient (Wildman–Crippen LogP) is 0.209. The molecule has 0 aliphatic carbocycles. The van der Waals surface area contributed by atoms with Crippen molar-refractivity contribution in [2.24, 2.45) is 23.1 Å². The largest absolute Gasteiger partial charge is 0.508 e. The predicted molar refractivity (Wildman–Crippen MR) is 104 cm³/mol. The second-order valence-electron chi connectivity index (χ2n) is 6.52. The summed E-state index contributed by atoms with van der Waals surface area (Å²) in [7, 11) is 0. The van der Waals surface area contributed by atoms with Gasteiger partial charge in [-0.1, -0.05) is 26.0 Å². The van der Waals surface area contributed by atoms with Crippen LogP contribution < -0.4 is 17.2 Å². The van der Waals surface area contributed by atoms with Gasteiger partial charge in [0.15, 0.2) is 0 Å². The number of carboxylic acid groups (broad SMARTS) is 3. The summed E-state index contributed by atoms with van der Waals surface area (Å²) in [5, 5.41) is 33.6. The fourth-order valence-electron chi connectivity index (χ4n) is 1.58. The molecule has 160 valence electrons. The van der Waals surface area contributed by atoms with Crippen LogP contribution in [0.3, 0.4) is 0 Å². The van der Waals surface area contributed by atoms with Crippen LogP contribution in [0.1, 0.15) is 32.8 Å². The topological polar surface area (TPSA) is 210 Å². The molecule has 10 heteroatoms. The summed E-state index contributed by atoms with van der Waals surface area (Å²) in [6, 6.07) is 4.00. The monoisotopic (exact) mass is 401 g/mol. The molecule has 10 N–H and O–H groups in total. The molecule has 0 radical (unpaired) electrons. The average molecular weight is 401 g/mol. The maximum absolute atomic E-state index is 10.4. The summed E-state index contributed by atoms with van der Waals surface area (Å²) in [5.74, 6) is -2.38. The number of aliphatic carboxylic acids is 3. The molecule has 0 fully saturated rings. The SMILES string of the molecule is CC(C)C[C@H](N)C(=O)O.C[C@H](N)C(=O)O.N[C@@H](Cc1ccc(O)cc1)C(=O)O. The molecule has 0 aliphatic rings. The van der Waals surface area contributed by atoms with E-state index in [-0.39, 0.29) is 12.2 Å². The fourth-order valence-corrected chi connectivity index (χ4v) is 1.58. The Balaban J connectivity index is 0. The van der Waals surface area contributed by atoms with E-state index in [1.54, 1.807) is 12.1 Å². The van der Waals surface area contributed by atoms with Crippen molar-refractivity contribution in [3.63, 3.8) is 0 Å². The quantitative estimate of drug-likeness (QED) is 0.330. The zero-order valence-electron chi connectivity index (χ0n) is 16.3. The first-order valence-electron chi connectivity index (χ1n) is 8.50. The van der Waals surface area contributed by atoms with Gasteiger partial charge in [0, 0.05) is 0 Å². The third-order valence-corrected chi connectivity index (χ3v) is 3.14. The molecule has 1 rings (SSSR count). The smallest absolute Gasteiger partial charge is 0.320 e. The second-order valence-corrected chi connectivity index (χ2v) is 6.52. The van der Waals surface area contributed by atoms with Crippen LogP contribution in [-0.2, 0) is 20.8 Å². The Morgan fingerprint density at radius 2 is 1.21 bits per heavy atom. The molecule has 28 heavy (non-hydrogen) atoms. The van der Waals surface area contributed by atoms with Gasteiger partial charge in [-0.3, -0.25) is 14.4 Å². The minimum absolute atomic E-state index is 0.160. The van der Waals surface area contributed by atoms with Gasteiger partial charge in [0.05, 0.1) is 0 Å². The van der Waals surface area contributed by atoms with E-state index in [4.69, 9.17) is 37.6 Å². The van der Waals surface area contributed by atoms with Crippen LogP contribution in [0.4, 0.5) is 0 Å². The Morgan fingerprint density at radius 3 is 1.46 bits per heavy atom. The van der Waals surface area contributed by atoms with Gasteiger partial charge in [-0.25, -0.2) is 0 Å². The lowest BCUT2D eigenvalue weighted by Crippen LogP contribution is -2.32. The van der Waals surface area contributed by atoms with Crippen LogP contribution in [0.2, 0.25) is 0 Å². The summed E-state index contributed by atoms with van der Waals surface area (Å²) in [4.78, 5) is 30.1. The molecule has 0 amide bonds. The van der Waals surface area contributed by atoms with Crippen molar-refractivity contribution in [1.29, 1.82) is 0 Å². The molecule has 1 aromatic rings. The van der Waals surface area contributed by atoms with Gasteiger partial charge in [-0.2, -0.15) is 0 Å². The van der Waals surface area contributed by atoms with Crippen molar-refractivity contribution < 1.29 is 34.8 Å². The molecule has 3 atom stereocenters. The van der Waals surface area contributed by atoms with Crippen LogP contribution in [0, 0.1) is 5.92 Å². The molecule has 0 aromatic heterocycles. The van der Waals surface area contributed by atoms with Gasteiger partial charge < -0.3 is 37.6 Å². The summed E-state index contributed by atoms with van der Waals surface area (Å²) >= 11 is 0. The van der Waals surface area contributed by atoms with Crippen molar-refractivity contribution in [1.82, 2.24) is 0 Å². The molecule has 1 aromatic carbocycles. The highest BCUT2D eigenvalue weighted by atomic mass is 16.4. The summed E-state index contributed by atoms with van der Waals surface area (Å²) in [5.41, 5.74) is 16.2. The van der Waals surface area contributed by atoms with Crippen LogP contribution >= 0.6 is 0 Å². The Hall–Kier alpha value is -2.69. The molecular formula is C18H31N3O7. The van der Waals surface area contributed by atoms with Crippen LogP contribution in [0.5, 0.6) is 5.75 Å². The minimum atomic E-state index is -1.02. The lowest BCUT2D eigenvalue weighted by Gasteiger charge is -2.07. The zero-order chi connectivity index (χ0) is 22.4. The molecule has 10 nitrogen and oxygen atoms in total. The van der Waals surface area contributed by atoms with Crippen LogP contribution in [0.25, 0.3) is 0 Å². The normalized spacial score (nSPS) is 13.1. The van der Waals surface area contributed by atoms with E-state index in [2.05, 4.69) is 0 Å². The zero-order valence-corrected chi connectivity index (χ0v) is 16.3. The van der Waals surface area contributed by atoms with Crippen molar-refractivity contribution in [2.75, 3.05) is 0 Å². The first-order chi connectivity index (χ1) is 12.8. The van der Waals surface area contributed by atoms with E-state index in [0.717, 1.165) is 5.56 Å². The highest BCUT2D eigenvalue weighted by Gasteiger charge is 2.12. The number of carbonyl (C=O) groups is 3. The highest BCUT2D eigenvalue weighted by molar-refractivity contribution is 5.73. The highest BCUT2D eigenvalue weighted by Crippen LogP contribution is 2.10. The van der Waals surface area contributed by atoms with Gasteiger partial charge in [-0.15, -0.1) is 0 Å². The number of phenolic OH excluding ortho intramolecular Hbond substituents is 1. The van der Waals surface area contributed by atoms with Crippen molar-refractivity contribution in [3.8, 4) is 5.75 Å². The number of phenols is 1. The number of rotatable bonds is 7. The number of hydrogen-bond donors (Lipinski definition) is 7. The lowest BCUT2D eigenvalue weighted by molar-refractivity contribution is -0.139. The van der Waals surface area contributed by atoms with Gasteiger partial charge in [-0.05, 0) is 43.4 Å². The Kier molecular flexibility index (Phi) is 14.1. The number of aromatic hydroxyl groups is 1. The molecule has 0 saturated carbocycles. The van der Waals surface area contributed by atoms with Crippen molar-refractivity contribution in [2.45, 2.75) is 51.7 Å². The third-order valence-electron chi connectivity index (χ3n) is 3.14. The Morgan fingerprint density at radius 1 is 0.821 bits per heavy atom. The fraction of sp³-hybridized carbons (Fsp3) is 0.500. The molecular weight excluding hydrogens is 370 g/mol. The molecule has 0 spiro atoms. The standard InChI is InChI=1S/C9H11NO3.C6H13NO2.C3H7NO2/c10-8(9(12)13)5-6-1-3-7(11)4-2-6;1-4(2)3-5(7)6(8)9;1-2(4)3(5)6/h1-4,8,11H,5,10H2,(H,12,13);4-5H,3,7H2,1-2H3,(H,8,9);2H,4H2,1H3,(H,5,6)/t8-;5-;2-/m000/s1. The van der Waals surface area contributed by atoms with Crippen LogP contribution in [0.15, 0.2) is 24.3 Å². The number of carboxylic acids is 3. The van der Waals surface area contributed by atoms with E-state index in [1.165, 1.54) is 19.1 Å². The van der Waals surface area contributed by atoms with E-state index in [0.29, 0.717) is 12.3 Å². The van der Waals surface area contributed by atoms with Crippen molar-refractivity contribution >= 4 is 17.9 Å². The first kappa shape index (κ1) is 27.5. The summed E-state index contributed by atoms with van der Waals surface area (Å²) < 4.78 is 0. The number of nitrogens with two attached hydrogens (primary N) is 3. The van der Waals surface area contributed by atoms with Gasteiger partial charge in [0.25, 0.3) is 0 Å². The van der Waals surface area contributed by atoms with Gasteiger partial charge in [0.2, 0.25) is 0 Å².